The van der Waals surface area contributed by atoms with Gasteiger partial charge in [0.25, 0.3) is 0 Å². The molecule has 0 aliphatic carbocycles. The van der Waals surface area contributed by atoms with E-state index in [1.54, 1.807) is 31.4 Å². The molecule has 1 aromatic carbocycles. The molecular weight excluding hydrogens is 276 g/mol. The molecule has 0 aromatic heterocycles. The molecule has 116 valence electrons. The SMILES string of the molecule is COCC(NC(=O)C(N)Cc1ccc(OC)cc1)C(=O)O. The predicted molar refractivity (Wildman–Crippen MR) is 76.1 cm³/mol. The molecule has 2 atom stereocenters. The smallest absolute Gasteiger partial charge is 0.328 e. The van der Waals surface area contributed by atoms with Gasteiger partial charge in [0.05, 0.1) is 19.8 Å². The van der Waals surface area contributed by atoms with Gasteiger partial charge >= 0.3 is 5.97 Å². The zero-order valence-electron chi connectivity index (χ0n) is 12.0. The third-order valence-corrected chi connectivity index (χ3v) is 2.90. The molecule has 1 amide bonds. The number of aliphatic carboxylic acids is 1. The Morgan fingerprint density at radius 3 is 2.38 bits per heavy atom. The quantitative estimate of drug-likeness (QED) is 0.611. The second-order valence-electron chi connectivity index (χ2n) is 4.51. The van der Waals surface area contributed by atoms with Crippen molar-refractivity contribution in [3.8, 4) is 5.75 Å². The van der Waals surface area contributed by atoms with Crippen LogP contribution in [0.5, 0.6) is 5.75 Å². The highest BCUT2D eigenvalue weighted by molar-refractivity contribution is 5.87. The van der Waals surface area contributed by atoms with Crippen LogP contribution in [0.2, 0.25) is 0 Å². The predicted octanol–water partition coefficient (Wildman–Crippen LogP) is -0.219. The van der Waals surface area contributed by atoms with Crippen LogP contribution in [0.15, 0.2) is 24.3 Å². The summed E-state index contributed by atoms with van der Waals surface area (Å²) in [5.41, 5.74) is 6.65. The molecule has 2 unspecified atom stereocenters. The Kier molecular flexibility index (Phi) is 6.64. The number of carboxylic acids is 1. The number of ether oxygens (including phenoxy) is 2. The maximum atomic E-state index is 11.9. The lowest BCUT2D eigenvalue weighted by Crippen LogP contribution is -2.50. The summed E-state index contributed by atoms with van der Waals surface area (Å²) in [5, 5.41) is 11.3. The Bertz CT molecular complexity index is 475. The van der Waals surface area contributed by atoms with Crippen LogP contribution in [0.3, 0.4) is 0 Å². The highest BCUT2D eigenvalue weighted by atomic mass is 16.5. The summed E-state index contributed by atoms with van der Waals surface area (Å²) in [7, 11) is 2.93. The fourth-order valence-electron chi connectivity index (χ4n) is 1.73. The van der Waals surface area contributed by atoms with E-state index in [1.165, 1.54) is 7.11 Å². The summed E-state index contributed by atoms with van der Waals surface area (Å²) in [6.07, 6.45) is 0.301. The number of carbonyl (C=O) groups excluding carboxylic acids is 1. The van der Waals surface area contributed by atoms with Crippen molar-refractivity contribution in [1.82, 2.24) is 5.32 Å². The Balaban J connectivity index is 2.58. The number of carboxylic acid groups (broad SMARTS) is 1. The second-order valence-corrected chi connectivity index (χ2v) is 4.51. The van der Waals surface area contributed by atoms with Gasteiger partial charge in [0.2, 0.25) is 5.91 Å². The molecule has 0 bridgehead atoms. The number of benzene rings is 1. The number of amides is 1. The normalized spacial score (nSPS) is 13.3. The van der Waals surface area contributed by atoms with E-state index in [9.17, 15) is 9.59 Å². The molecule has 4 N–H and O–H groups in total. The second kappa shape index (κ2) is 8.23. The first-order valence-electron chi connectivity index (χ1n) is 6.38. The van der Waals surface area contributed by atoms with Crippen molar-refractivity contribution in [2.24, 2.45) is 5.73 Å². The maximum absolute atomic E-state index is 11.9. The van der Waals surface area contributed by atoms with Crippen LogP contribution in [-0.4, -0.2) is 49.9 Å². The molecular formula is C14H20N2O5. The number of carbonyl (C=O) groups is 2. The average Bonchev–Trinajstić information content (AvgIpc) is 2.47. The molecule has 7 heteroatoms. The van der Waals surface area contributed by atoms with Gasteiger partial charge in [-0.1, -0.05) is 12.1 Å². The molecule has 0 aliphatic rings. The number of hydrogen-bond acceptors (Lipinski definition) is 5. The number of rotatable bonds is 8. The van der Waals surface area contributed by atoms with Crippen LogP contribution in [0.4, 0.5) is 0 Å². The summed E-state index contributed by atoms with van der Waals surface area (Å²) >= 11 is 0. The minimum Gasteiger partial charge on any atom is -0.497 e. The average molecular weight is 296 g/mol. The van der Waals surface area contributed by atoms with Gasteiger partial charge < -0.3 is 25.6 Å². The van der Waals surface area contributed by atoms with Gasteiger partial charge in [-0.25, -0.2) is 4.79 Å². The largest absolute Gasteiger partial charge is 0.497 e. The Labute approximate surface area is 123 Å². The zero-order valence-corrected chi connectivity index (χ0v) is 12.0. The van der Waals surface area contributed by atoms with Crippen molar-refractivity contribution in [1.29, 1.82) is 0 Å². The Hall–Kier alpha value is -2.12. The van der Waals surface area contributed by atoms with E-state index in [2.05, 4.69) is 5.32 Å². The highest BCUT2D eigenvalue weighted by Gasteiger charge is 2.23. The van der Waals surface area contributed by atoms with Gasteiger partial charge in [0.15, 0.2) is 6.04 Å². The summed E-state index contributed by atoms with van der Waals surface area (Å²) in [4.78, 5) is 22.8. The van der Waals surface area contributed by atoms with Gasteiger partial charge in [-0.05, 0) is 24.1 Å². The minimum absolute atomic E-state index is 0.115. The van der Waals surface area contributed by atoms with E-state index < -0.39 is 24.0 Å². The molecule has 1 rings (SSSR count). The van der Waals surface area contributed by atoms with E-state index in [4.69, 9.17) is 20.3 Å². The van der Waals surface area contributed by atoms with Gasteiger partial charge in [-0.3, -0.25) is 4.79 Å². The van der Waals surface area contributed by atoms with Crippen LogP contribution >= 0.6 is 0 Å². The van der Waals surface area contributed by atoms with Crippen molar-refractivity contribution in [3.05, 3.63) is 29.8 Å². The first-order chi connectivity index (χ1) is 9.97. The van der Waals surface area contributed by atoms with E-state index in [0.717, 1.165) is 5.56 Å². The summed E-state index contributed by atoms with van der Waals surface area (Å²) in [6, 6.07) is 5.20. The van der Waals surface area contributed by atoms with E-state index in [1.807, 2.05) is 0 Å². The van der Waals surface area contributed by atoms with Crippen molar-refractivity contribution < 1.29 is 24.2 Å². The van der Waals surface area contributed by atoms with E-state index in [-0.39, 0.29) is 6.61 Å². The monoisotopic (exact) mass is 296 g/mol. The fourth-order valence-corrected chi connectivity index (χ4v) is 1.73. The van der Waals surface area contributed by atoms with Crippen LogP contribution in [0.25, 0.3) is 0 Å². The summed E-state index contributed by atoms with van der Waals surface area (Å²) in [6.45, 7) is -0.115. The van der Waals surface area contributed by atoms with Crippen molar-refractivity contribution in [2.75, 3.05) is 20.8 Å². The van der Waals surface area contributed by atoms with Gasteiger partial charge in [-0.15, -0.1) is 0 Å². The Morgan fingerprint density at radius 1 is 1.29 bits per heavy atom. The van der Waals surface area contributed by atoms with E-state index >= 15 is 0 Å². The number of nitrogens with two attached hydrogens (primary N) is 1. The molecule has 0 fully saturated rings. The third-order valence-electron chi connectivity index (χ3n) is 2.90. The molecule has 0 heterocycles. The van der Waals surface area contributed by atoms with Crippen LogP contribution in [0, 0.1) is 0 Å². The molecule has 7 nitrogen and oxygen atoms in total. The first kappa shape index (κ1) is 16.9. The number of hydrogen-bond donors (Lipinski definition) is 3. The lowest BCUT2D eigenvalue weighted by atomic mass is 10.1. The number of nitrogens with one attached hydrogen (secondary N) is 1. The molecule has 0 radical (unpaired) electrons. The van der Waals surface area contributed by atoms with Crippen molar-refractivity contribution in [2.45, 2.75) is 18.5 Å². The maximum Gasteiger partial charge on any atom is 0.328 e. The Morgan fingerprint density at radius 2 is 1.90 bits per heavy atom. The first-order valence-corrected chi connectivity index (χ1v) is 6.38. The van der Waals surface area contributed by atoms with Crippen molar-refractivity contribution in [3.63, 3.8) is 0 Å². The third kappa shape index (κ3) is 5.41. The standard InChI is InChI=1S/C14H20N2O5/c1-20-8-12(14(18)19)16-13(17)11(15)7-9-3-5-10(21-2)6-4-9/h3-6,11-12H,7-8,15H2,1-2H3,(H,16,17)(H,18,19). The molecule has 0 saturated heterocycles. The van der Waals surface area contributed by atoms with E-state index in [0.29, 0.717) is 12.2 Å². The minimum atomic E-state index is -1.16. The lowest BCUT2D eigenvalue weighted by Gasteiger charge is -2.17. The van der Waals surface area contributed by atoms with Gasteiger partial charge in [-0.2, -0.15) is 0 Å². The van der Waals surface area contributed by atoms with Crippen LogP contribution in [-0.2, 0) is 20.7 Å². The van der Waals surface area contributed by atoms with Gasteiger partial charge in [0.1, 0.15) is 5.75 Å². The summed E-state index contributed by atoms with van der Waals surface area (Å²) in [5.74, 6) is -0.986. The molecule has 0 spiro atoms. The molecule has 21 heavy (non-hydrogen) atoms. The zero-order chi connectivity index (χ0) is 15.8. The molecule has 1 aromatic rings. The van der Waals surface area contributed by atoms with Crippen LogP contribution in [0.1, 0.15) is 5.56 Å². The van der Waals surface area contributed by atoms with Crippen molar-refractivity contribution >= 4 is 11.9 Å². The fraction of sp³-hybridized carbons (Fsp3) is 0.429. The summed E-state index contributed by atoms with van der Waals surface area (Å²) < 4.78 is 9.78. The molecule has 0 saturated carbocycles. The number of methoxy groups -OCH3 is 2. The topological polar surface area (TPSA) is 111 Å². The lowest BCUT2D eigenvalue weighted by molar-refractivity contribution is -0.143. The van der Waals surface area contributed by atoms with Crippen LogP contribution < -0.4 is 15.8 Å². The highest BCUT2D eigenvalue weighted by Crippen LogP contribution is 2.12. The van der Waals surface area contributed by atoms with Gasteiger partial charge in [0, 0.05) is 7.11 Å². The molecule has 0 aliphatic heterocycles.